The molecule has 1 aromatic heterocycles. The van der Waals surface area contributed by atoms with Crippen molar-refractivity contribution in [2.24, 2.45) is 0 Å². The van der Waals surface area contributed by atoms with E-state index >= 15 is 0 Å². The Morgan fingerprint density at radius 2 is 1.69 bits per heavy atom. The second kappa shape index (κ2) is 8.75. The van der Waals surface area contributed by atoms with Crippen LogP contribution in [0.1, 0.15) is 5.56 Å². The van der Waals surface area contributed by atoms with Crippen LogP contribution < -0.4 is 10.2 Å². The molecule has 2 aromatic rings. The summed E-state index contributed by atoms with van der Waals surface area (Å²) >= 11 is 0. The van der Waals surface area contributed by atoms with E-state index in [1.165, 1.54) is 6.08 Å². The van der Waals surface area contributed by atoms with Gasteiger partial charge in [0.1, 0.15) is 0 Å². The van der Waals surface area contributed by atoms with Crippen LogP contribution >= 0.6 is 0 Å². The lowest BCUT2D eigenvalue weighted by Crippen LogP contribution is -2.51. The van der Waals surface area contributed by atoms with Gasteiger partial charge in [-0.15, -0.1) is 0 Å². The highest BCUT2D eigenvalue weighted by Gasteiger charge is 2.22. The van der Waals surface area contributed by atoms with Crippen LogP contribution in [-0.4, -0.2) is 59.4 Å². The summed E-state index contributed by atoms with van der Waals surface area (Å²) in [5, 5.41) is 2.64. The number of piperazine rings is 1. The third-order valence-corrected chi connectivity index (χ3v) is 4.11. The average molecular weight is 351 g/mol. The van der Waals surface area contributed by atoms with Gasteiger partial charge in [-0.3, -0.25) is 9.59 Å². The molecule has 0 aliphatic carbocycles. The summed E-state index contributed by atoms with van der Waals surface area (Å²) < 4.78 is 0. The lowest BCUT2D eigenvalue weighted by Gasteiger charge is -2.34. The first-order chi connectivity index (χ1) is 12.7. The summed E-state index contributed by atoms with van der Waals surface area (Å²) in [6.07, 6.45) is 6.57. The number of hydrogen-bond donors (Lipinski definition) is 1. The molecule has 7 heteroatoms. The zero-order chi connectivity index (χ0) is 18.2. The lowest BCUT2D eigenvalue weighted by atomic mass is 10.2. The normalized spacial score (nSPS) is 14.5. The summed E-state index contributed by atoms with van der Waals surface area (Å²) in [5.74, 6) is 0.317. The minimum atomic E-state index is -0.279. The number of carbonyl (C=O) groups excluding carboxylic acids is 2. The van der Waals surface area contributed by atoms with E-state index in [0.717, 1.165) is 5.56 Å². The van der Waals surface area contributed by atoms with Gasteiger partial charge in [0.05, 0.1) is 6.54 Å². The van der Waals surface area contributed by atoms with Gasteiger partial charge >= 0.3 is 0 Å². The molecule has 1 aliphatic heterocycles. The predicted octanol–water partition coefficient (Wildman–Crippen LogP) is 0.955. The zero-order valence-corrected chi connectivity index (χ0v) is 14.4. The molecular weight excluding hydrogens is 330 g/mol. The molecule has 7 nitrogen and oxygen atoms in total. The van der Waals surface area contributed by atoms with Gasteiger partial charge in [-0.25, -0.2) is 9.97 Å². The number of hydrogen-bond acceptors (Lipinski definition) is 5. The number of rotatable bonds is 5. The second-order valence-electron chi connectivity index (χ2n) is 5.88. The molecule has 1 aliphatic rings. The number of benzene rings is 1. The van der Waals surface area contributed by atoms with Gasteiger partial charge in [0.25, 0.3) is 0 Å². The van der Waals surface area contributed by atoms with Gasteiger partial charge in [-0.2, -0.15) is 0 Å². The molecular formula is C19H21N5O2. The van der Waals surface area contributed by atoms with Gasteiger partial charge in [-0.1, -0.05) is 30.3 Å². The van der Waals surface area contributed by atoms with E-state index in [0.29, 0.717) is 32.1 Å². The smallest absolute Gasteiger partial charge is 0.244 e. The summed E-state index contributed by atoms with van der Waals surface area (Å²) in [6.45, 7) is 2.54. The summed E-state index contributed by atoms with van der Waals surface area (Å²) in [5.41, 5.74) is 0.938. The van der Waals surface area contributed by atoms with Crippen molar-refractivity contribution < 1.29 is 9.59 Å². The number of nitrogens with one attached hydrogen (secondary N) is 1. The van der Waals surface area contributed by atoms with Crippen LogP contribution in [0.15, 0.2) is 54.9 Å². The van der Waals surface area contributed by atoms with Crippen LogP contribution in [0.25, 0.3) is 6.08 Å². The topological polar surface area (TPSA) is 78.4 Å². The highest BCUT2D eigenvalue weighted by atomic mass is 16.2. The number of amides is 2. The van der Waals surface area contributed by atoms with Crippen molar-refractivity contribution >= 4 is 23.8 Å². The largest absolute Gasteiger partial charge is 0.343 e. The molecule has 134 valence electrons. The molecule has 2 amide bonds. The van der Waals surface area contributed by atoms with E-state index in [-0.39, 0.29) is 18.4 Å². The van der Waals surface area contributed by atoms with Crippen LogP contribution in [-0.2, 0) is 9.59 Å². The summed E-state index contributed by atoms with van der Waals surface area (Å²) in [6, 6.07) is 11.3. The Kier molecular flexibility index (Phi) is 5.92. The van der Waals surface area contributed by atoms with Gasteiger partial charge in [0.15, 0.2) is 0 Å². The second-order valence-corrected chi connectivity index (χ2v) is 5.88. The van der Waals surface area contributed by atoms with Crippen molar-refractivity contribution in [1.29, 1.82) is 0 Å². The van der Waals surface area contributed by atoms with Gasteiger partial charge in [0.2, 0.25) is 17.8 Å². The average Bonchev–Trinajstić information content (AvgIpc) is 2.72. The molecule has 1 N–H and O–H groups in total. The first kappa shape index (κ1) is 17.6. The molecule has 1 fully saturated rings. The van der Waals surface area contributed by atoms with Crippen LogP contribution in [0.2, 0.25) is 0 Å². The van der Waals surface area contributed by atoms with Crippen molar-refractivity contribution in [2.75, 3.05) is 37.6 Å². The van der Waals surface area contributed by atoms with Crippen LogP contribution in [0.4, 0.5) is 5.95 Å². The standard InChI is InChI=1S/C19H21N5O2/c25-17(8-7-16-5-2-1-3-6-16)22-15-18(26)23-11-13-24(14-12-23)19-20-9-4-10-21-19/h1-10H,11-15H2,(H,22,25)/b8-7+. The maximum atomic E-state index is 12.3. The van der Waals surface area contributed by atoms with Crippen LogP contribution in [0, 0.1) is 0 Å². The lowest BCUT2D eigenvalue weighted by molar-refractivity contribution is -0.132. The third kappa shape index (κ3) is 4.89. The quantitative estimate of drug-likeness (QED) is 0.812. The van der Waals surface area contributed by atoms with Crippen molar-refractivity contribution in [3.05, 3.63) is 60.4 Å². The number of nitrogens with zero attached hydrogens (tertiary/aromatic N) is 4. The van der Waals surface area contributed by atoms with Crippen molar-refractivity contribution in [3.63, 3.8) is 0 Å². The van der Waals surface area contributed by atoms with Gasteiger partial charge in [0, 0.05) is 44.6 Å². The minimum absolute atomic E-state index is 0.000198. The van der Waals surface area contributed by atoms with Crippen LogP contribution in [0.5, 0.6) is 0 Å². The van der Waals surface area contributed by atoms with Crippen LogP contribution in [0.3, 0.4) is 0 Å². The van der Waals surface area contributed by atoms with Crippen molar-refractivity contribution in [2.45, 2.75) is 0 Å². The maximum Gasteiger partial charge on any atom is 0.244 e. The fourth-order valence-electron chi connectivity index (χ4n) is 2.68. The molecule has 0 spiro atoms. The zero-order valence-electron chi connectivity index (χ0n) is 14.4. The first-order valence-electron chi connectivity index (χ1n) is 8.53. The van der Waals surface area contributed by atoms with Crippen molar-refractivity contribution in [3.8, 4) is 0 Å². The first-order valence-corrected chi connectivity index (χ1v) is 8.53. The Morgan fingerprint density at radius 3 is 2.38 bits per heavy atom. The SMILES string of the molecule is O=C(/C=C/c1ccccc1)NCC(=O)N1CCN(c2ncccn2)CC1. The molecule has 0 atom stereocenters. The Labute approximate surface area is 152 Å². The highest BCUT2D eigenvalue weighted by molar-refractivity contribution is 5.94. The third-order valence-electron chi connectivity index (χ3n) is 4.11. The van der Waals surface area contributed by atoms with Gasteiger partial charge in [-0.05, 0) is 17.7 Å². The molecule has 0 bridgehead atoms. The molecule has 0 saturated carbocycles. The fourth-order valence-corrected chi connectivity index (χ4v) is 2.68. The molecule has 3 rings (SSSR count). The van der Waals surface area contributed by atoms with Crippen molar-refractivity contribution in [1.82, 2.24) is 20.2 Å². The Hall–Kier alpha value is -3.22. The van der Waals surface area contributed by atoms with E-state index in [2.05, 4.69) is 15.3 Å². The highest BCUT2D eigenvalue weighted by Crippen LogP contribution is 2.09. The summed E-state index contributed by atoms with van der Waals surface area (Å²) in [7, 11) is 0. The van der Waals surface area contributed by atoms with E-state index in [9.17, 15) is 9.59 Å². The molecule has 1 aromatic carbocycles. The molecule has 0 radical (unpaired) electrons. The molecule has 26 heavy (non-hydrogen) atoms. The predicted molar refractivity (Wildman–Crippen MR) is 99.3 cm³/mol. The Balaban J connectivity index is 1.42. The van der Waals surface area contributed by atoms with Gasteiger partial charge < -0.3 is 15.1 Å². The Bertz CT molecular complexity index is 756. The fraction of sp³-hybridized carbons (Fsp3) is 0.263. The minimum Gasteiger partial charge on any atom is -0.343 e. The monoisotopic (exact) mass is 351 g/mol. The van der Waals surface area contributed by atoms with E-state index < -0.39 is 0 Å². The number of carbonyl (C=O) groups is 2. The number of anilines is 1. The molecule has 0 unspecified atom stereocenters. The van der Waals surface area contributed by atoms with E-state index in [1.807, 2.05) is 35.2 Å². The maximum absolute atomic E-state index is 12.3. The Morgan fingerprint density at radius 1 is 1.00 bits per heavy atom. The van der Waals surface area contributed by atoms with E-state index in [1.54, 1.807) is 29.4 Å². The van der Waals surface area contributed by atoms with E-state index in [4.69, 9.17) is 0 Å². The summed E-state index contributed by atoms with van der Waals surface area (Å²) in [4.78, 5) is 36.3. The molecule has 1 saturated heterocycles. The number of aromatic nitrogens is 2. The molecule has 2 heterocycles.